The number of carbonyl (C=O) groups is 1. The van der Waals surface area contributed by atoms with E-state index >= 15 is 0 Å². The highest BCUT2D eigenvalue weighted by Gasteiger charge is 2.13. The van der Waals surface area contributed by atoms with Crippen LogP contribution in [0.4, 0.5) is 11.5 Å². The summed E-state index contributed by atoms with van der Waals surface area (Å²) in [5, 5.41) is 15.4. The summed E-state index contributed by atoms with van der Waals surface area (Å²) in [6.45, 7) is 0. The van der Waals surface area contributed by atoms with Crippen molar-refractivity contribution < 1.29 is 4.79 Å². The number of hydrogen-bond donors (Lipinski definition) is 2. The molecule has 0 saturated carbocycles. The molecule has 2 aromatic rings. The second-order valence-corrected chi connectivity index (χ2v) is 3.72. The number of aryl methyl sites for hydroxylation is 1. The van der Waals surface area contributed by atoms with Crippen molar-refractivity contribution in [1.82, 2.24) is 9.78 Å². The minimum atomic E-state index is -0.331. The van der Waals surface area contributed by atoms with Crippen molar-refractivity contribution in [2.24, 2.45) is 7.05 Å². The molecule has 3 N–H and O–H groups in total. The predicted molar refractivity (Wildman–Crippen MR) is 66.7 cm³/mol. The van der Waals surface area contributed by atoms with Gasteiger partial charge in [-0.25, -0.2) is 0 Å². The normalized spacial score (nSPS) is 9.78. The largest absolute Gasteiger partial charge is 0.399 e. The van der Waals surface area contributed by atoms with E-state index in [1.807, 2.05) is 6.07 Å². The van der Waals surface area contributed by atoms with E-state index in [1.165, 1.54) is 10.9 Å². The molecular weight excluding hydrogens is 230 g/mol. The van der Waals surface area contributed by atoms with Gasteiger partial charge in [0.2, 0.25) is 0 Å². The van der Waals surface area contributed by atoms with Gasteiger partial charge in [-0.1, -0.05) is 6.07 Å². The van der Waals surface area contributed by atoms with Crippen LogP contribution in [0.2, 0.25) is 0 Å². The average molecular weight is 241 g/mol. The Morgan fingerprint density at radius 3 is 3.00 bits per heavy atom. The van der Waals surface area contributed by atoms with Crippen LogP contribution in [0.5, 0.6) is 0 Å². The molecule has 1 aromatic heterocycles. The second kappa shape index (κ2) is 4.59. The molecule has 0 atom stereocenters. The van der Waals surface area contributed by atoms with Gasteiger partial charge in [0.25, 0.3) is 5.91 Å². The van der Waals surface area contributed by atoms with Crippen LogP contribution in [0.25, 0.3) is 0 Å². The molecule has 0 aliphatic heterocycles. The quantitative estimate of drug-likeness (QED) is 0.770. The predicted octanol–water partition coefficient (Wildman–Crippen LogP) is 1.13. The van der Waals surface area contributed by atoms with Crippen LogP contribution in [0.3, 0.4) is 0 Å². The Kier molecular flexibility index (Phi) is 2.98. The Bertz CT molecular complexity index is 638. The number of nitrogens with two attached hydrogens (primary N) is 1. The smallest absolute Gasteiger partial charge is 0.256 e. The Morgan fingerprint density at radius 1 is 1.56 bits per heavy atom. The van der Waals surface area contributed by atoms with Crippen molar-refractivity contribution in [3.63, 3.8) is 0 Å². The van der Waals surface area contributed by atoms with Crippen LogP contribution >= 0.6 is 0 Å². The van der Waals surface area contributed by atoms with Gasteiger partial charge in [-0.15, -0.1) is 0 Å². The fraction of sp³-hybridized carbons (Fsp3) is 0.0833. The molecule has 1 heterocycles. The number of amides is 1. The third-order valence-electron chi connectivity index (χ3n) is 2.44. The zero-order valence-electron chi connectivity index (χ0n) is 9.71. The molecule has 0 aliphatic carbocycles. The van der Waals surface area contributed by atoms with Gasteiger partial charge < -0.3 is 11.1 Å². The summed E-state index contributed by atoms with van der Waals surface area (Å²) >= 11 is 0. The molecule has 6 heteroatoms. The molecule has 0 aliphatic rings. The number of nitrogens with one attached hydrogen (secondary N) is 1. The van der Waals surface area contributed by atoms with Crippen LogP contribution in [0.15, 0.2) is 30.5 Å². The summed E-state index contributed by atoms with van der Waals surface area (Å²) in [5.41, 5.74) is 6.86. The van der Waals surface area contributed by atoms with Gasteiger partial charge in [0.05, 0.1) is 6.20 Å². The maximum absolute atomic E-state index is 12.0. The van der Waals surface area contributed by atoms with E-state index in [4.69, 9.17) is 11.0 Å². The van der Waals surface area contributed by atoms with Gasteiger partial charge in [-0.05, 0) is 18.2 Å². The fourth-order valence-corrected chi connectivity index (χ4v) is 1.53. The highest BCUT2D eigenvalue weighted by Crippen LogP contribution is 2.15. The number of aromatic nitrogens is 2. The van der Waals surface area contributed by atoms with E-state index in [9.17, 15) is 4.79 Å². The Balaban J connectivity index is 2.27. The minimum Gasteiger partial charge on any atom is -0.399 e. The number of hydrogen-bond acceptors (Lipinski definition) is 4. The summed E-state index contributed by atoms with van der Waals surface area (Å²) in [6, 6.07) is 8.57. The standard InChI is InChI=1S/C12H11N5O/c1-17-11(9(6-13)7-15-17)16-12(18)8-3-2-4-10(14)5-8/h2-5,7H,14H2,1H3,(H,16,18). The summed E-state index contributed by atoms with van der Waals surface area (Å²) in [7, 11) is 1.65. The number of carbonyl (C=O) groups excluding carboxylic acids is 1. The van der Waals surface area contributed by atoms with Crippen molar-refractivity contribution in [3.8, 4) is 6.07 Å². The lowest BCUT2D eigenvalue weighted by atomic mass is 10.2. The van der Waals surface area contributed by atoms with Gasteiger partial charge in [0.15, 0.2) is 0 Å². The van der Waals surface area contributed by atoms with E-state index < -0.39 is 0 Å². The maximum atomic E-state index is 12.0. The number of benzene rings is 1. The molecule has 2 rings (SSSR count). The summed E-state index contributed by atoms with van der Waals surface area (Å²) in [4.78, 5) is 12.0. The van der Waals surface area contributed by atoms with Crippen LogP contribution in [-0.2, 0) is 7.05 Å². The first-order chi connectivity index (χ1) is 8.61. The average Bonchev–Trinajstić information content (AvgIpc) is 2.70. The van der Waals surface area contributed by atoms with Crippen molar-refractivity contribution >= 4 is 17.4 Å². The lowest BCUT2D eigenvalue weighted by molar-refractivity contribution is 0.102. The summed E-state index contributed by atoms with van der Waals surface area (Å²) in [6.07, 6.45) is 1.40. The molecule has 1 amide bonds. The molecule has 0 fully saturated rings. The van der Waals surface area contributed by atoms with E-state index in [0.29, 0.717) is 22.6 Å². The van der Waals surface area contributed by atoms with E-state index in [2.05, 4.69) is 10.4 Å². The van der Waals surface area contributed by atoms with Crippen molar-refractivity contribution in [2.75, 3.05) is 11.1 Å². The number of nitriles is 1. The highest BCUT2D eigenvalue weighted by molar-refractivity contribution is 6.04. The zero-order valence-corrected chi connectivity index (χ0v) is 9.71. The molecule has 0 saturated heterocycles. The minimum absolute atomic E-state index is 0.315. The summed E-state index contributed by atoms with van der Waals surface area (Å²) < 4.78 is 1.43. The molecule has 18 heavy (non-hydrogen) atoms. The molecular formula is C12H11N5O. The highest BCUT2D eigenvalue weighted by atomic mass is 16.1. The van der Waals surface area contributed by atoms with Crippen LogP contribution in [-0.4, -0.2) is 15.7 Å². The Morgan fingerprint density at radius 2 is 2.33 bits per heavy atom. The van der Waals surface area contributed by atoms with Gasteiger partial charge in [-0.2, -0.15) is 10.4 Å². The fourth-order valence-electron chi connectivity index (χ4n) is 1.53. The van der Waals surface area contributed by atoms with E-state index in [-0.39, 0.29) is 5.91 Å². The van der Waals surface area contributed by atoms with Gasteiger partial charge in [-0.3, -0.25) is 9.48 Å². The first-order valence-electron chi connectivity index (χ1n) is 5.21. The van der Waals surface area contributed by atoms with Gasteiger partial charge >= 0.3 is 0 Å². The molecule has 1 aromatic carbocycles. The van der Waals surface area contributed by atoms with Crippen LogP contribution < -0.4 is 11.1 Å². The van der Waals surface area contributed by atoms with Crippen molar-refractivity contribution in [1.29, 1.82) is 5.26 Å². The lowest BCUT2D eigenvalue weighted by Gasteiger charge is -2.06. The Hall–Kier alpha value is -2.81. The first-order valence-corrected chi connectivity index (χ1v) is 5.21. The topological polar surface area (TPSA) is 96.7 Å². The monoisotopic (exact) mass is 241 g/mol. The summed E-state index contributed by atoms with van der Waals surface area (Å²) in [5.74, 6) is 0.0346. The second-order valence-electron chi connectivity index (χ2n) is 3.72. The number of nitrogen functional groups attached to an aromatic ring is 1. The van der Waals surface area contributed by atoms with E-state index in [1.54, 1.807) is 31.3 Å². The molecule has 0 unspecified atom stereocenters. The first kappa shape index (κ1) is 11.7. The molecule has 0 bridgehead atoms. The number of nitrogens with zero attached hydrogens (tertiary/aromatic N) is 3. The third kappa shape index (κ3) is 2.15. The van der Waals surface area contributed by atoms with Crippen molar-refractivity contribution in [2.45, 2.75) is 0 Å². The van der Waals surface area contributed by atoms with Gasteiger partial charge in [0, 0.05) is 18.3 Å². The number of anilines is 2. The molecule has 90 valence electrons. The molecule has 6 nitrogen and oxygen atoms in total. The van der Waals surface area contributed by atoms with Crippen LogP contribution in [0, 0.1) is 11.3 Å². The van der Waals surface area contributed by atoms with E-state index in [0.717, 1.165) is 0 Å². The third-order valence-corrected chi connectivity index (χ3v) is 2.44. The zero-order chi connectivity index (χ0) is 13.1. The maximum Gasteiger partial charge on any atom is 0.256 e. The van der Waals surface area contributed by atoms with Gasteiger partial charge in [0.1, 0.15) is 17.5 Å². The van der Waals surface area contributed by atoms with Crippen LogP contribution in [0.1, 0.15) is 15.9 Å². The lowest BCUT2D eigenvalue weighted by Crippen LogP contribution is -2.15. The Labute approximate surface area is 104 Å². The SMILES string of the molecule is Cn1ncc(C#N)c1NC(=O)c1cccc(N)c1. The molecule has 0 spiro atoms. The number of rotatable bonds is 2. The molecule has 0 radical (unpaired) electrons. The van der Waals surface area contributed by atoms with Crippen molar-refractivity contribution in [3.05, 3.63) is 41.6 Å².